The van der Waals surface area contributed by atoms with E-state index in [1.165, 1.54) is 11.8 Å². The van der Waals surface area contributed by atoms with Gasteiger partial charge in [0, 0.05) is 28.2 Å². The van der Waals surface area contributed by atoms with Crippen molar-refractivity contribution in [3.63, 3.8) is 0 Å². The van der Waals surface area contributed by atoms with Crippen molar-refractivity contribution in [1.29, 1.82) is 5.26 Å². The molecule has 0 spiro atoms. The van der Waals surface area contributed by atoms with Crippen LogP contribution in [0.5, 0.6) is 0 Å². The summed E-state index contributed by atoms with van der Waals surface area (Å²) in [7, 11) is 0. The molecule has 28 heavy (non-hydrogen) atoms. The van der Waals surface area contributed by atoms with E-state index in [9.17, 15) is 10.1 Å². The van der Waals surface area contributed by atoms with Crippen molar-refractivity contribution in [3.8, 4) is 17.2 Å². The second-order valence-electron chi connectivity index (χ2n) is 5.70. The number of esters is 1. The molecule has 0 aliphatic carbocycles. The van der Waals surface area contributed by atoms with E-state index in [1.807, 2.05) is 63.2 Å². The molecule has 0 aliphatic rings. The third-order valence-electron chi connectivity index (χ3n) is 4.04. The number of nitrogens with zero attached hydrogens (tertiary/aromatic N) is 2. The van der Waals surface area contributed by atoms with Crippen LogP contribution in [0.4, 0.5) is 0 Å². The molecule has 2 aromatic carbocycles. The predicted molar refractivity (Wildman–Crippen MR) is 115 cm³/mol. The van der Waals surface area contributed by atoms with Gasteiger partial charge in [-0.2, -0.15) is 5.26 Å². The minimum Gasteiger partial charge on any atom is -0.465 e. The molecule has 3 aromatic rings. The highest BCUT2D eigenvalue weighted by molar-refractivity contribution is 8.00. The zero-order valence-corrected chi connectivity index (χ0v) is 17.4. The molecule has 0 fully saturated rings. The molecule has 0 saturated heterocycles. The van der Waals surface area contributed by atoms with Gasteiger partial charge in [0.2, 0.25) is 0 Å². The number of fused-ring (bicyclic) bond motifs is 1. The number of hydrogen-bond acceptors (Lipinski definition) is 5. The van der Waals surface area contributed by atoms with Crippen molar-refractivity contribution in [2.75, 3.05) is 6.61 Å². The fourth-order valence-electron chi connectivity index (χ4n) is 2.82. The van der Waals surface area contributed by atoms with Gasteiger partial charge in [0.15, 0.2) is 0 Å². The Morgan fingerprint density at radius 1 is 1.14 bits per heavy atom. The number of carbonyl (C=O) groups is 1. The number of benzene rings is 2. The van der Waals surface area contributed by atoms with E-state index in [-0.39, 0.29) is 11.2 Å². The van der Waals surface area contributed by atoms with Gasteiger partial charge in [-0.15, -0.1) is 11.8 Å². The van der Waals surface area contributed by atoms with Crippen LogP contribution in [0.1, 0.15) is 33.3 Å². The molecular formula is C23H24N2O2S. The summed E-state index contributed by atoms with van der Waals surface area (Å²) in [6, 6.07) is 15.7. The lowest BCUT2D eigenvalue weighted by Crippen LogP contribution is -2.16. The number of ether oxygens (including phenoxy) is 1. The van der Waals surface area contributed by atoms with Crippen LogP contribution in [0.3, 0.4) is 0 Å². The fraction of sp³-hybridized carbons (Fsp3) is 0.261. The summed E-state index contributed by atoms with van der Waals surface area (Å²) in [6.45, 7) is 8.01. The van der Waals surface area contributed by atoms with E-state index >= 15 is 0 Å². The maximum atomic E-state index is 12.0. The highest BCUT2D eigenvalue weighted by Crippen LogP contribution is 2.37. The lowest BCUT2D eigenvalue weighted by molar-refractivity contribution is -0.142. The molecular weight excluding hydrogens is 368 g/mol. The lowest BCUT2D eigenvalue weighted by Gasteiger charge is -2.15. The van der Waals surface area contributed by atoms with Gasteiger partial charge in [-0.25, -0.2) is 0 Å². The second kappa shape index (κ2) is 10.5. The van der Waals surface area contributed by atoms with E-state index in [0.717, 1.165) is 26.8 Å². The van der Waals surface area contributed by atoms with Gasteiger partial charge in [-0.3, -0.25) is 9.78 Å². The first kappa shape index (κ1) is 21.5. The topological polar surface area (TPSA) is 63.0 Å². The largest absolute Gasteiger partial charge is 0.465 e. The van der Waals surface area contributed by atoms with Gasteiger partial charge in [0.1, 0.15) is 5.25 Å². The third-order valence-corrected chi connectivity index (χ3v) is 5.19. The SMILES string of the molecule is CC.CCOC(=O)C(C)Sc1ccncc1-c1ccc(C#N)c2ccccc12. The van der Waals surface area contributed by atoms with Gasteiger partial charge in [-0.1, -0.05) is 44.2 Å². The van der Waals surface area contributed by atoms with Crippen LogP contribution in [0.25, 0.3) is 21.9 Å². The first-order chi connectivity index (χ1) is 13.7. The minimum atomic E-state index is -0.319. The molecule has 3 rings (SSSR count). The summed E-state index contributed by atoms with van der Waals surface area (Å²) in [5.74, 6) is -0.232. The number of hydrogen-bond donors (Lipinski definition) is 0. The van der Waals surface area contributed by atoms with Gasteiger partial charge in [0.25, 0.3) is 0 Å². The van der Waals surface area contributed by atoms with Crippen LogP contribution < -0.4 is 0 Å². The van der Waals surface area contributed by atoms with E-state index in [4.69, 9.17) is 4.74 Å². The number of rotatable bonds is 5. The fourth-order valence-corrected chi connectivity index (χ4v) is 3.79. The summed E-state index contributed by atoms with van der Waals surface area (Å²) in [5, 5.41) is 10.9. The van der Waals surface area contributed by atoms with E-state index in [1.54, 1.807) is 19.3 Å². The Labute approximate surface area is 170 Å². The molecule has 0 radical (unpaired) electrons. The predicted octanol–water partition coefficient (Wildman–Crippen LogP) is 5.84. The molecule has 0 bridgehead atoms. The second-order valence-corrected chi connectivity index (χ2v) is 7.08. The van der Waals surface area contributed by atoms with E-state index in [2.05, 4.69) is 11.1 Å². The number of aromatic nitrogens is 1. The summed E-state index contributed by atoms with van der Waals surface area (Å²) < 4.78 is 5.11. The first-order valence-corrected chi connectivity index (χ1v) is 10.2. The number of carbonyl (C=O) groups excluding carboxylic acids is 1. The molecule has 144 valence electrons. The van der Waals surface area contributed by atoms with Gasteiger partial charge < -0.3 is 4.74 Å². The summed E-state index contributed by atoms with van der Waals surface area (Å²) >= 11 is 1.45. The molecule has 4 nitrogen and oxygen atoms in total. The van der Waals surface area contributed by atoms with Gasteiger partial charge >= 0.3 is 5.97 Å². The zero-order chi connectivity index (χ0) is 20.5. The molecule has 0 amide bonds. The van der Waals surface area contributed by atoms with Crippen LogP contribution >= 0.6 is 11.8 Å². The van der Waals surface area contributed by atoms with Crippen molar-refractivity contribution >= 4 is 28.5 Å². The molecule has 0 N–H and O–H groups in total. The van der Waals surface area contributed by atoms with Gasteiger partial charge in [-0.05, 0) is 36.9 Å². The third kappa shape index (κ3) is 4.71. The molecule has 5 heteroatoms. The first-order valence-electron chi connectivity index (χ1n) is 9.35. The minimum absolute atomic E-state index is 0.232. The summed E-state index contributed by atoms with van der Waals surface area (Å²) in [6.07, 6.45) is 3.52. The van der Waals surface area contributed by atoms with Crippen LogP contribution in [-0.2, 0) is 9.53 Å². The number of pyridine rings is 1. The Hall–Kier alpha value is -2.84. The van der Waals surface area contributed by atoms with Crippen molar-refractivity contribution < 1.29 is 9.53 Å². The van der Waals surface area contributed by atoms with E-state index < -0.39 is 0 Å². The molecule has 1 unspecified atom stereocenters. The summed E-state index contributed by atoms with van der Waals surface area (Å²) in [4.78, 5) is 17.2. The molecule has 1 atom stereocenters. The average molecular weight is 393 g/mol. The lowest BCUT2D eigenvalue weighted by atomic mass is 9.96. The normalized spacial score (nSPS) is 11.1. The Kier molecular flexibility index (Phi) is 8.03. The van der Waals surface area contributed by atoms with Crippen LogP contribution in [0, 0.1) is 11.3 Å². The standard InChI is InChI=1S/C21H18N2O2S.C2H6/c1-3-25-21(24)14(2)26-20-10-11-23-13-19(20)18-9-8-15(12-22)16-6-4-5-7-17(16)18;1-2/h4-11,13-14H,3H2,1-2H3;1-2H3. The van der Waals surface area contributed by atoms with Crippen LogP contribution in [-0.4, -0.2) is 22.8 Å². The zero-order valence-electron chi connectivity index (χ0n) is 16.6. The smallest absolute Gasteiger partial charge is 0.319 e. The molecule has 0 saturated carbocycles. The van der Waals surface area contributed by atoms with E-state index in [0.29, 0.717) is 12.2 Å². The Balaban J connectivity index is 0.00000136. The Bertz CT molecular complexity index is 995. The maximum absolute atomic E-state index is 12.0. The van der Waals surface area contributed by atoms with Crippen LogP contribution in [0.15, 0.2) is 59.8 Å². The van der Waals surface area contributed by atoms with Crippen molar-refractivity contribution in [2.24, 2.45) is 0 Å². The summed E-state index contributed by atoms with van der Waals surface area (Å²) in [5.41, 5.74) is 2.57. The monoisotopic (exact) mass is 392 g/mol. The number of thioether (sulfide) groups is 1. The van der Waals surface area contributed by atoms with Crippen LogP contribution in [0.2, 0.25) is 0 Å². The van der Waals surface area contributed by atoms with Crippen molar-refractivity contribution in [2.45, 2.75) is 37.8 Å². The molecule has 0 aliphatic heterocycles. The maximum Gasteiger partial charge on any atom is 0.319 e. The average Bonchev–Trinajstić information content (AvgIpc) is 2.75. The van der Waals surface area contributed by atoms with Gasteiger partial charge in [0.05, 0.1) is 18.2 Å². The number of nitriles is 1. The molecule has 1 heterocycles. The molecule has 1 aromatic heterocycles. The Morgan fingerprint density at radius 2 is 1.86 bits per heavy atom. The van der Waals surface area contributed by atoms with Crippen molar-refractivity contribution in [3.05, 3.63) is 60.4 Å². The Morgan fingerprint density at radius 3 is 2.54 bits per heavy atom. The van der Waals surface area contributed by atoms with Crippen molar-refractivity contribution in [1.82, 2.24) is 4.98 Å². The highest BCUT2D eigenvalue weighted by atomic mass is 32.2. The quantitative estimate of drug-likeness (QED) is 0.403. The highest BCUT2D eigenvalue weighted by Gasteiger charge is 2.19.